The SMILES string of the molecule is c1ccc(-c2cccc(-n3c4ccccc4c4ccc(N(c5ccc(-c6ccccc6)c(-c6ccccc6)c5)c5ccc6ccccc6c5-c5ccccc5)cc43)c2)cc1. The molecule has 0 N–H and O–H groups in total. The summed E-state index contributed by atoms with van der Waals surface area (Å²) in [4.78, 5) is 2.47. The van der Waals surface area contributed by atoms with E-state index < -0.39 is 0 Å². The van der Waals surface area contributed by atoms with Crippen molar-refractivity contribution < 1.29 is 0 Å². The lowest BCUT2D eigenvalue weighted by Gasteiger charge is -2.30. The van der Waals surface area contributed by atoms with E-state index in [2.05, 4.69) is 252 Å². The van der Waals surface area contributed by atoms with Crippen LogP contribution in [0.2, 0.25) is 0 Å². The monoisotopic (exact) mass is 764 g/mol. The first kappa shape index (κ1) is 35.2. The van der Waals surface area contributed by atoms with Crippen molar-refractivity contribution in [1.29, 1.82) is 0 Å². The number of nitrogens with zero attached hydrogens (tertiary/aromatic N) is 2. The molecule has 0 saturated carbocycles. The van der Waals surface area contributed by atoms with Gasteiger partial charge in [0.05, 0.1) is 16.7 Å². The number of para-hydroxylation sites is 1. The smallest absolute Gasteiger partial charge is 0.0561 e. The molecule has 0 aliphatic heterocycles. The number of hydrogen-bond acceptors (Lipinski definition) is 1. The number of benzene rings is 10. The lowest BCUT2D eigenvalue weighted by molar-refractivity contribution is 1.18. The van der Waals surface area contributed by atoms with E-state index in [9.17, 15) is 0 Å². The van der Waals surface area contributed by atoms with Gasteiger partial charge in [0.25, 0.3) is 0 Å². The van der Waals surface area contributed by atoms with Crippen molar-refractivity contribution in [3.8, 4) is 50.2 Å². The van der Waals surface area contributed by atoms with Gasteiger partial charge in [0.2, 0.25) is 0 Å². The minimum absolute atomic E-state index is 1.07. The molecule has 1 heterocycles. The van der Waals surface area contributed by atoms with Gasteiger partial charge >= 0.3 is 0 Å². The summed E-state index contributed by atoms with van der Waals surface area (Å²) in [5.41, 5.74) is 16.2. The van der Waals surface area contributed by atoms with Gasteiger partial charge in [0.15, 0.2) is 0 Å². The Kier molecular flexibility index (Phi) is 8.87. The molecule has 60 heavy (non-hydrogen) atoms. The highest BCUT2D eigenvalue weighted by Gasteiger charge is 2.23. The lowest BCUT2D eigenvalue weighted by Crippen LogP contribution is -2.12. The van der Waals surface area contributed by atoms with Crippen LogP contribution in [0.5, 0.6) is 0 Å². The summed E-state index contributed by atoms with van der Waals surface area (Å²) >= 11 is 0. The molecule has 0 radical (unpaired) electrons. The molecule has 0 saturated heterocycles. The van der Waals surface area contributed by atoms with Gasteiger partial charge < -0.3 is 9.47 Å². The fourth-order valence-corrected chi connectivity index (χ4v) is 9.01. The van der Waals surface area contributed by atoms with E-state index in [0.717, 1.165) is 28.3 Å². The van der Waals surface area contributed by atoms with Crippen LogP contribution in [0.25, 0.3) is 82.8 Å². The van der Waals surface area contributed by atoms with E-state index in [1.54, 1.807) is 0 Å². The van der Waals surface area contributed by atoms with E-state index in [4.69, 9.17) is 0 Å². The molecule has 0 unspecified atom stereocenters. The van der Waals surface area contributed by atoms with E-state index in [0.29, 0.717) is 0 Å². The van der Waals surface area contributed by atoms with Crippen LogP contribution in [-0.2, 0) is 0 Å². The number of fused-ring (bicyclic) bond motifs is 4. The Hall–Kier alpha value is -7.94. The van der Waals surface area contributed by atoms with Crippen molar-refractivity contribution >= 4 is 49.6 Å². The quantitative estimate of drug-likeness (QED) is 0.150. The first-order valence-corrected chi connectivity index (χ1v) is 20.6. The van der Waals surface area contributed by atoms with Gasteiger partial charge in [0.1, 0.15) is 0 Å². The van der Waals surface area contributed by atoms with Crippen LogP contribution in [0.4, 0.5) is 17.1 Å². The molecule has 0 bridgehead atoms. The molecule has 11 aromatic rings. The molecular formula is C58H40N2. The van der Waals surface area contributed by atoms with Crippen LogP contribution >= 0.6 is 0 Å². The second kappa shape index (κ2) is 15.1. The maximum absolute atomic E-state index is 2.47. The Morgan fingerprint density at radius 2 is 0.850 bits per heavy atom. The molecule has 1 aromatic heterocycles. The molecule has 11 rings (SSSR count). The van der Waals surface area contributed by atoms with E-state index in [1.165, 1.54) is 71.6 Å². The first-order valence-electron chi connectivity index (χ1n) is 20.6. The molecule has 0 aliphatic carbocycles. The summed E-state index contributed by atoms with van der Waals surface area (Å²) < 4.78 is 2.44. The minimum atomic E-state index is 1.07. The molecule has 282 valence electrons. The summed E-state index contributed by atoms with van der Waals surface area (Å²) in [6, 6.07) is 88.0. The normalized spacial score (nSPS) is 11.3. The molecule has 10 aromatic carbocycles. The van der Waals surface area contributed by atoms with Crippen molar-refractivity contribution in [1.82, 2.24) is 4.57 Å². The van der Waals surface area contributed by atoms with Crippen molar-refractivity contribution in [2.75, 3.05) is 4.90 Å². The summed E-state index contributed by atoms with van der Waals surface area (Å²) in [6.45, 7) is 0. The summed E-state index contributed by atoms with van der Waals surface area (Å²) in [6.07, 6.45) is 0. The topological polar surface area (TPSA) is 8.17 Å². The van der Waals surface area contributed by atoms with Crippen LogP contribution in [0.3, 0.4) is 0 Å². The fraction of sp³-hybridized carbons (Fsp3) is 0. The molecule has 0 amide bonds. The Morgan fingerprint density at radius 1 is 0.300 bits per heavy atom. The van der Waals surface area contributed by atoms with Crippen LogP contribution in [0.15, 0.2) is 243 Å². The molecular weight excluding hydrogens is 725 g/mol. The zero-order valence-corrected chi connectivity index (χ0v) is 33.0. The van der Waals surface area contributed by atoms with Crippen molar-refractivity contribution in [2.24, 2.45) is 0 Å². The van der Waals surface area contributed by atoms with Crippen LogP contribution in [0, 0.1) is 0 Å². The Balaban J connectivity index is 1.20. The Labute approximate surface area is 350 Å². The molecule has 0 aliphatic rings. The van der Waals surface area contributed by atoms with Gasteiger partial charge in [-0.3, -0.25) is 0 Å². The summed E-state index contributed by atoms with van der Waals surface area (Å²) in [5, 5.41) is 4.86. The van der Waals surface area contributed by atoms with E-state index >= 15 is 0 Å². The predicted molar refractivity (Wildman–Crippen MR) is 255 cm³/mol. The van der Waals surface area contributed by atoms with Crippen LogP contribution in [0.1, 0.15) is 0 Å². The standard InChI is InChI=1S/C58H40N2/c1-5-18-41(19-6-1)46-27-17-28-47(38-46)60-55-31-16-15-30-52(55)53-36-34-49(40-57(53)60)59(56-37-32-44-24-13-14-29-51(44)58(56)45-25-11-4-12-26-45)48-33-35-50(42-20-7-2-8-21-42)54(39-48)43-22-9-3-10-23-43/h1-40H. The van der Waals surface area contributed by atoms with Gasteiger partial charge in [-0.1, -0.05) is 194 Å². The van der Waals surface area contributed by atoms with Gasteiger partial charge in [0, 0.05) is 33.4 Å². The van der Waals surface area contributed by atoms with Crippen molar-refractivity contribution in [3.63, 3.8) is 0 Å². The van der Waals surface area contributed by atoms with E-state index in [1.807, 2.05) is 0 Å². The Bertz CT molecular complexity index is 3300. The number of anilines is 3. The lowest BCUT2D eigenvalue weighted by atomic mass is 9.92. The van der Waals surface area contributed by atoms with Gasteiger partial charge in [-0.2, -0.15) is 0 Å². The number of rotatable bonds is 8. The maximum Gasteiger partial charge on any atom is 0.0561 e. The predicted octanol–water partition coefficient (Wildman–Crippen LogP) is 16.1. The average Bonchev–Trinajstić information content (AvgIpc) is 3.66. The minimum Gasteiger partial charge on any atom is -0.310 e. The largest absolute Gasteiger partial charge is 0.310 e. The molecule has 0 fully saturated rings. The highest BCUT2D eigenvalue weighted by atomic mass is 15.1. The highest BCUT2D eigenvalue weighted by Crippen LogP contribution is 2.47. The zero-order chi connectivity index (χ0) is 39.8. The third-order valence-corrected chi connectivity index (χ3v) is 11.8. The average molecular weight is 765 g/mol. The third kappa shape index (κ3) is 6.23. The molecule has 2 nitrogen and oxygen atoms in total. The number of aromatic nitrogens is 1. The third-order valence-electron chi connectivity index (χ3n) is 11.8. The summed E-state index contributed by atoms with van der Waals surface area (Å²) in [5.74, 6) is 0. The highest BCUT2D eigenvalue weighted by molar-refractivity contribution is 6.11. The fourth-order valence-electron chi connectivity index (χ4n) is 9.01. The van der Waals surface area contributed by atoms with E-state index in [-0.39, 0.29) is 0 Å². The first-order chi connectivity index (χ1) is 29.8. The van der Waals surface area contributed by atoms with Crippen molar-refractivity contribution in [3.05, 3.63) is 243 Å². The second-order valence-corrected chi connectivity index (χ2v) is 15.3. The van der Waals surface area contributed by atoms with Crippen molar-refractivity contribution in [2.45, 2.75) is 0 Å². The summed E-state index contributed by atoms with van der Waals surface area (Å²) in [7, 11) is 0. The molecule has 0 spiro atoms. The number of hydrogen-bond donors (Lipinski definition) is 0. The zero-order valence-electron chi connectivity index (χ0n) is 33.0. The molecule has 0 atom stereocenters. The van der Waals surface area contributed by atoms with Gasteiger partial charge in [-0.15, -0.1) is 0 Å². The van der Waals surface area contributed by atoms with Gasteiger partial charge in [-0.05, 0) is 98.2 Å². The van der Waals surface area contributed by atoms with Crippen LogP contribution in [-0.4, -0.2) is 4.57 Å². The second-order valence-electron chi connectivity index (χ2n) is 15.3. The molecule has 2 heteroatoms. The Morgan fingerprint density at radius 3 is 1.58 bits per heavy atom. The maximum atomic E-state index is 2.47. The van der Waals surface area contributed by atoms with Gasteiger partial charge in [-0.25, -0.2) is 0 Å². The van der Waals surface area contributed by atoms with Crippen LogP contribution < -0.4 is 4.90 Å².